The van der Waals surface area contributed by atoms with E-state index in [-0.39, 0.29) is 11.3 Å². The van der Waals surface area contributed by atoms with Gasteiger partial charge in [-0.25, -0.2) is 9.18 Å². The summed E-state index contributed by atoms with van der Waals surface area (Å²) in [5.74, 6) is -0.370. The molecule has 0 aromatic heterocycles. The van der Waals surface area contributed by atoms with Gasteiger partial charge in [0.2, 0.25) is 0 Å². The zero-order valence-electron chi connectivity index (χ0n) is 9.03. The molecule has 16 heavy (non-hydrogen) atoms. The number of hydrogen-bond acceptors (Lipinski definition) is 4. The van der Waals surface area contributed by atoms with Crippen LogP contribution in [0, 0.1) is 5.82 Å². The van der Waals surface area contributed by atoms with Crippen LogP contribution in [0.3, 0.4) is 0 Å². The van der Waals surface area contributed by atoms with E-state index in [2.05, 4.69) is 0 Å². The summed E-state index contributed by atoms with van der Waals surface area (Å²) in [5.41, 5.74) is 5.59. The van der Waals surface area contributed by atoms with Crippen LogP contribution in [-0.2, 0) is 4.74 Å². The number of benzene rings is 1. The minimum absolute atomic E-state index is 0.0710. The number of carbonyl (C=O) groups is 1. The fourth-order valence-electron chi connectivity index (χ4n) is 1.14. The van der Waals surface area contributed by atoms with Gasteiger partial charge >= 0.3 is 5.97 Å². The first kappa shape index (κ1) is 12.8. The molecule has 3 nitrogen and oxygen atoms in total. The Morgan fingerprint density at radius 2 is 2.31 bits per heavy atom. The van der Waals surface area contributed by atoms with Gasteiger partial charge in [-0.1, -0.05) is 0 Å². The van der Waals surface area contributed by atoms with Gasteiger partial charge in [0.25, 0.3) is 0 Å². The highest BCUT2D eigenvalue weighted by molar-refractivity contribution is 7.98. The molecule has 88 valence electrons. The van der Waals surface area contributed by atoms with Gasteiger partial charge in [-0.2, -0.15) is 11.8 Å². The highest BCUT2D eigenvalue weighted by Gasteiger charge is 2.12. The number of thioether (sulfide) groups is 1. The normalized spacial score (nSPS) is 10.1. The molecule has 0 amide bonds. The van der Waals surface area contributed by atoms with E-state index in [0.717, 1.165) is 18.2 Å². The molecule has 1 rings (SSSR count). The lowest BCUT2D eigenvalue weighted by Crippen LogP contribution is -2.09. The number of carbonyl (C=O) groups excluding carboxylic acids is 1. The lowest BCUT2D eigenvalue weighted by molar-refractivity contribution is 0.0501. The Morgan fingerprint density at radius 1 is 1.56 bits per heavy atom. The maximum atomic E-state index is 13.3. The van der Waals surface area contributed by atoms with Crippen LogP contribution in [0.1, 0.15) is 16.8 Å². The number of ether oxygens (including phenoxy) is 1. The van der Waals surface area contributed by atoms with Crippen molar-refractivity contribution in [1.29, 1.82) is 0 Å². The second kappa shape index (κ2) is 6.37. The van der Waals surface area contributed by atoms with Crippen molar-refractivity contribution in [3.05, 3.63) is 29.6 Å². The van der Waals surface area contributed by atoms with Gasteiger partial charge in [0.1, 0.15) is 5.82 Å². The number of nitrogens with two attached hydrogens (primary N) is 1. The third kappa shape index (κ3) is 3.73. The highest BCUT2D eigenvalue weighted by Crippen LogP contribution is 2.13. The van der Waals surface area contributed by atoms with E-state index in [9.17, 15) is 9.18 Å². The molecule has 0 unspecified atom stereocenters. The van der Waals surface area contributed by atoms with E-state index in [1.165, 1.54) is 12.1 Å². The second-order valence-corrected chi connectivity index (χ2v) is 4.21. The quantitative estimate of drug-likeness (QED) is 0.490. The lowest BCUT2D eigenvalue weighted by atomic mass is 10.2. The van der Waals surface area contributed by atoms with E-state index >= 15 is 0 Å². The monoisotopic (exact) mass is 243 g/mol. The average molecular weight is 243 g/mol. The van der Waals surface area contributed by atoms with Crippen molar-refractivity contribution in [3.8, 4) is 0 Å². The third-order valence-electron chi connectivity index (χ3n) is 1.94. The average Bonchev–Trinajstić information content (AvgIpc) is 2.24. The molecule has 0 saturated heterocycles. The Morgan fingerprint density at radius 3 is 2.94 bits per heavy atom. The van der Waals surface area contributed by atoms with Crippen LogP contribution in [0.2, 0.25) is 0 Å². The van der Waals surface area contributed by atoms with Crippen molar-refractivity contribution in [1.82, 2.24) is 0 Å². The van der Waals surface area contributed by atoms with Crippen LogP contribution >= 0.6 is 11.8 Å². The van der Waals surface area contributed by atoms with Crippen molar-refractivity contribution in [2.75, 3.05) is 24.3 Å². The minimum atomic E-state index is -0.644. The van der Waals surface area contributed by atoms with Gasteiger partial charge in [-0.3, -0.25) is 0 Å². The molecule has 0 bridgehead atoms. The molecule has 0 fully saturated rings. The maximum absolute atomic E-state index is 13.3. The zero-order chi connectivity index (χ0) is 12.0. The minimum Gasteiger partial charge on any atom is -0.462 e. The molecule has 0 heterocycles. The first-order chi connectivity index (χ1) is 7.65. The fourth-order valence-corrected chi connectivity index (χ4v) is 1.55. The summed E-state index contributed by atoms with van der Waals surface area (Å²) < 4.78 is 18.2. The Hall–Kier alpha value is -1.23. The number of anilines is 1. The summed E-state index contributed by atoms with van der Waals surface area (Å²) in [4.78, 5) is 11.4. The van der Waals surface area contributed by atoms with E-state index in [1.54, 1.807) is 11.8 Å². The zero-order valence-corrected chi connectivity index (χ0v) is 9.85. The van der Waals surface area contributed by atoms with Crippen molar-refractivity contribution in [2.45, 2.75) is 6.42 Å². The molecule has 0 atom stereocenters. The second-order valence-electron chi connectivity index (χ2n) is 3.22. The van der Waals surface area contributed by atoms with Crippen molar-refractivity contribution in [2.24, 2.45) is 0 Å². The molecule has 0 saturated carbocycles. The van der Waals surface area contributed by atoms with Crippen LogP contribution in [0.25, 0.3) is 0 Å². The smallest absolute Gasteiger partial charge is 0.341 e. The number of esters is 1. The molecular weight excluding hydrogens is 229 g/mol. The molecule has 0 aliphatic rings. The molecule has 0 radical (unpaired) electrons. The number of halogens is 1. The Kier molecular flexibility index (Phi) is 5.11. The van der Waals surface area contributed by atoms with Crippen LogP contribution < -0.4 is 5.73 Å². The predicted molar refractivity (Wildman–Crippen MR) is 64.1 cm³/mol. The summed E-state index contributed by atoms with van der Waals surface area (Å²) in [6.45, 7) is 0.309. The first-order valence-corrected chi connectivity index (χ1v) is 6.25. The van der Waals surface area contributed by atoms with Crippen molar-refractivity contribution >= 4 is 23.4 Å². The molecule has 2 N–H and O–H groups in total. The fraction of sp³-hybridized carbons (Fsp3) is 0.364. The summed E-state index contributed by atoms with van der Waals surface area (Å²) in [6.07, 6.45) is 2.74. The van der Waals surface area contributed by atoms with Crippen LogP contribution in [0.5, 0.6) is 0 Å². The van der Waals surface area contributed by atoms with E-state index in [4.69, 9.17) is 10.5 Å². The van der Waals surface area contributed by atoms with Crippen LogP contribution in [0.4, 0.5) is 10.1 Å². The van der Waals surface area contributed by atoms with Crippen LogP contribution in [0.15, 0.2) is 18.2 Å². The summed E-state index contributed by atoms with van der Waals surface area (Å²) in [6, 6.07) is 3.92. The molecule has 0 spiro atoms. The lowest BCUT2D eigenvalue weighted by Gasteiger charge is -2.05. The van der Waals surface area contributed by atoms with Crippen molar-refractivity contribution < 1.29 is 13.9 Å². The summed E-state index contributed by atoms with van der Waals surface area (Å²) in [7, 11) is 0. The Bertz CT molecular complexity index is 371. The Balaban J connectivity index is 2.53. The van der Waals surface area contributed by atoms with Gasteiger partial charge in [-0.15, -0.1) is 0 Å². The molecule has 0 aliphatic heterocycles. The largest absolute Gasteiger partial charge is 0.462 e. The molecule has 1 aromatic rings. The predicted octanol–water partition coefficient (Wildman–Crippen LogP) is 2.32. The van der Waals surface area contributed by atoms with E-state index < -0.39 is 11.8 Å². The van der Waals surface area contributed by atoms with Gasteiger partial charge in [0.05, 0.1) is 12.2 Å². The summed E-state index contributed by atoms with van der Waals surface area (Å²) >= 11 is 1.67. The van der Waals surface area contributed by atoms with Gasteiger partial charge in [0.15, 0.2) is 0 Å². The molecule has 5 heteroatoms. The van der Waals surface area contributed by atoms with E-state index in [1.807, 2.05) is 6.26 Å². The first-order valence-electron chi connectivity index (χ1n) is 4.86. The van der Waals surface area contributed by atoms with Gasteiger partial charge in [-0.05, 0) is 36.6 Å². The highest BCUT2D eigenvalue weighted by atomic mass is 32.2. The Labute approximate surface area is 98.2 Å². The van der Waals surface area contributed by atoms with Crippen LogP contribution in [-0.4, -0.2) is 24.6 Å². The van der Waals surface area contributed by atoms with Gasteiger partial charge in [0, 0.05) is 5.69 Å². The topological polar surface area (TPSA) is 52.3 Å². The molecule has 0 aliphatic carbocycles. The van der Waals surface area contributed by atoms with Crippen molar-refractivity contribution in [3.63, 3.8) is 0 Å². The van der Waals surface area contributed by atoms with E-state index in [0.29, 0.717) is 6.61 Å². The number of hydrogen-bond donors (Lipinski definition) is 1. The maximum Gasteiger partial charge on any atom is 0.341 e. The number of nitrogen functional groups attached to an aromatic ring is 1. The van der Waals surface area contributed by atoms with Gasteiger partial charge < -0.3 is 10.5 Å². The molecular formula is C11H14FNO2S. The molecule has 1 aromatic carbocycles. The summed E-state index contributed by atoms with van der Waals surface area (Å²) in [5, 5.41) is 0. The third-order valence-corrected chi connectivity index (χ3v) is 2.64. The SMILES string of the molecule is CSCCCOC(=O)c1ccc(N)cc1F. The number of rotatable bonds is 5. The standard InChI is InChI=1S/C11H14FNO2S/c1-16-6-2-5-15-11(14)9-4-3-8(13)7-10(9)12/h3-4,7H,2,5-6,13H2,1H3.